The lowest BCUT2D eigenvalue weighted by Crippen LogP contribution is -1.87. The number of hydrogen-bond donors (Lipinski definition) is 0. The summed E-state index contributed by atoms with van der Waals surface area (Å²) >= 11 is 11.7. The Morgan fingerprint density at radius 2 is 1.78 bits per heavy atom. The highest BCUT2D eigenvalue weighted by Crippen LogP contribution is 2.21. The van der Waals surface area contributed by atoms with Gasteiger partial charge < -0.3 is 4.84 Å². The molecule has 0 spiro atoms. The number of halogens is 2. The average molecular weight is 280 g/mol. The molecule has 2 rings (SSSR count). The molecular formula is C14H11Cl2NO. The Hall–Kier alpha value is -1.51. The molecule has 2 aromatic rings. The molecular weight excluding hydrogens is 269 g/mol. The van der Waals surface area contributed by atoms with Crippen molar-refractivity contribution in [1.82, 2.24) is 0 Å². The van der Waals surface area contributed by atoms with Gasteiger partial charge in [0.25, 0.3) is 0 Å². The van der Waals surface area contributed by atoms with E-state index in [1.165, 1.54) is 0 Å². The van der Waals surface area contributed by atoms with E-state index in [0.717, 1.165) is 11.1 Å². The summed E-state index contributed by atoms with van der Waals surface area (Å²) in [5.74, 6) is 0. The molecule has 0 aliphatic carbocycles. The summed E-state index contributed by atoms with van der Waals surface area (Å²) in [6, 6.07) is 15.1. The van der Waals surface area contributed by atoms with Gasteiger partial charge in [0.1, 0.15) is 6.61 Å². The second-order valence-corrected chi connectivity index (χ2v) is 4.48. The van der Waals surface area contributed by atoms with Gasteiger partial charge >= 0.3 is 0 Å². The summed E-state index contributed by atoms with van der Waals surface area (Å²) < 4.78 is 0. The Balaban J connectivity index is 1.90. The van der Waals surface area contributed by atoms with E-state index in [2.05, 4.69) is 5.16 Å². The van der Waals surface area contributed by atoms with E-state index < -0.39 is 0 Å². The summed E-state index contributed by atoms with van der Waals surface area (Å²) in [4.78, 5) is 5.19. The molecule has 0 bridgehead atoms. The van der Waals surface area contributed by atoms with E-state index in [9.17, 15) is 0 Å². The van der Waals surface area contributed by atoms with Crippen LogP contribution in [0.4, 0.5) is 0 Å². The molecule has 0 aliphatic rings. The van der Waals surface area contributed by atoms with E-state index >= 15 is 0 Å². The fourth-order valence-corrected chi connectivity index (χ4v) is 1.68. The van der Waals surface area contributed by atoms with Crippen LogP contribution in [0.2, 0.25) is 10.0 Å². The van der Waals surface area contributed by atoms with E-state index in [1.54, 1.807) is 18.3 Å². The minimum absolute atomic E-state index is 0.443. The van der Waals surface area contributed by atoms with Crippen molar-refractivity contribution in [3.05, 3.63) is 69.7 Å². The number of oxime groups is 1. The van der Waals surface area contributed by atoms with Crippen molar-refractivity contribution in [3.63, 3.8) is 0 Å². The van der Waals surface area contributed by atoms with Crippen LogP contribution in [-0.2, 0) is 11.4 Å². The van der Waals surface area contributed by atoms with Gasteiger partial charge in [-0.15, -0.1) is 0 Å². The fourth-order valence-electron chi connectivity index (χ4n) is 1.38. The monoisotopic (exact) mass is 279 g/mol. The highest BCUT2D eigenvalue weighted by Gasteiger charge is 1.97. The molecule has 0 amide bonds. The zero-order valence-electron chi connectivity index (χ0n) is 9.51. The van der Waals surface area contributed by atoms with Crippen LogP contribution >= 0.6 is 23.2 Å². The smallest absolute Gasteiger partial charge is 0.142 e. The van der Waals surface area contributed by atoms with Crippen LogP contribution in [0.15, 0.2) is 53.7 Å². The lowest BCUT2D eigenvalue weighted by molar-refractivity contribution is 0.132. The molecule has 0 fully saturated rings. The molecule has 0 aliphatic heterocycles. The second-order valence-electron chi connectivity index (χ2n) is 3.67. The highest BCUT2D eigenvalue weighted by atomic mass is 35.5. The van der Waals surface area contributed by atoms with Crippen molar-refractivity contribution in [2.75, 3.05) is 0 Å². The first kappa shape index (κ1) is 12.9. The molecule has 0 heterocycles. The zero-order valence-corrected chi connectivity index (χ0v) is 11.0. The van der Waals surface area contributed by atoms with Gasteiger partial charge in [0.2, 0.25) is 0 Å². The van der Waals surface area contributed by atoms with Crippen LogP contribution in [-0.4, -0.2) is 6.21 Å². The third-order valence-corrected chi connectivity index (χ3v) is 3.03. The van der Waals surface area contributed by atoms with Crippen molar-refractivity contribution in [2.24, 2.45) is 5.16 Å². The fraction of sp³-hybridized carbons (Fsp3) is 0.0714. The maximum atomic E-state index is 5.89. The molecule has 2 nitrogen and oxygen atoms in total. The summed E-state index contributed by atoms with van der Waals surface area (Å²) in [5, 5.41) is 4.91. The predicted octanol–water partition coefficient (Wildman–Crippen LogP) is 4.54. The lowest BCUT2D eigenvalue weighted by atomic mass is 10.2. The number of nitrogens with zero attached hydrogens (tertiary/aromatic N) is 1. The minimum Gasteiger partial charge on any atom is -0.391 e. The van der Waals surface area contributed by atoms with Gasteiger partial charge in [-0.25, -0.2) is 0 Å². The van der Waals surface area contributed by atoms with Gasteiger partial charge in [-0.2, -0.15) is 0 Å². The quantitative estimate of drug-likeness (QED) is 0.595. The van der Waals surface area contributed by atoms with Gasteiger partial charge in [-0.05, 0) is 23.3 Å². The van der Waals surface area contributed by atoms with Crippen LogP contribution in [0, 0.1) is 0 Å². The van der Waals surface area contributed by atoms with Gasteiger partial charge in [-0.3, -0.25) is 0 Å². The third-order valence-electron chi connectivity index (χ3n) is 2.29. The maximum absolute atomic E-state index is 5.89. The number of benzene rings is 2. The van der Waals surface area contributed by atoms with Crippen molar-refractivity contribution >= 4 is 29.4 Å². The molecule has 0 saturated carbocycles. The number of rotatable bonds is 4. The molecule has 0 atom stereocenters. The van der Waals surface area contributed by atoms with E-state index in [1.807, 2.05) is 36.4 Å². The van der Waals surface area contributed by atoms with Crippen molar-refractivity contribution in [1.29, 1.82) is 0 Å². The Morgan fingerprint density at radius 3 is 2.50 bits per heavy atom. The van der Waals surface area contributed by atoms with Crippen LogP contribution in [0.5, 0.6) is 0 Å². The molecule has 4 heteroatoms. The molecule has 0 unspecified atom stereocenters. The standard InChI is InChI=1S/C14H11Cl2NO/c15-13-7-6-12(8-14(13)16)9-17-18-10-11-4-2-1-3-5-11/h1-9H,10H2. The Bertz CT molecular complexity index is 541. The van der Waals surface area contributed by atoms with E-state index in [0.29, 0.717) is 16.7 Å². The molecule has 0 saturated heterocycles. The Morgan fingerprint density at radius 1 is 1.00 bits per heavy atom. The van der Waals surface area contributed by atoms with Gasteiger partial charge in [-0.1, -0.05) is 64.8 Å². The highest BCUT2D eigenvalue weighted by molar-refractivity contribution is 6.42. The molecule has 18 heavy (non-hydrogen) atoms. The van der Waals surface area contributed by atoms with Crippen LogP contribution in [0.1, 0.15) is 11.1 Å². The summed E-state index contributed by atoms with van der Waals surface area (Å²) in [6.07, 6.45) is 1.60. The van der Waals surface area contributed by atoms with Gasteiger partial charge in [0.05, 0.1) is 16.3 Å². The van der Waals surface area contributed by atoms with Crippen LogP contribution < -0.4 is 0 Å². The molecule has 2 aromatic carbocycles. The first-order chi connectivity index (χ1) is 8.75. The Kier molecular flexibility index (Phi) is 4.62. The largest absolute Gasteiger partial charge is 0.391 e. The summed E-state index contributed by atoms with van der Waals surface area (Å²) in [6.45, 7) is 0.443. The predicted molar refractivity (Wildman–Crippen MR) is 75.3 cm³/mol. The summed E-state index contributed by atoms with van der Waals surface area (Å²) in [7, 11) is 0. The minimum atomic E-state index is 0.443. The van der Waals surface area contributed by atoms with Crippen molar-refractivity contribution < 1.29 is 4.84 Å². The van der Waals surface area contributed by atoms with Crippen molar-refractivity contribution in [3.8, 4) is 0 Å². The van der Waals surface area contributed by atoms with Crippen molar-refractivity contribution in [2.45, 2.75) is 6.61 Å². The maximum Gasteiger partial charge on any atom is 0.142 e. The average Bonchev–Trinajstić information content (AvgIpc) is 2.40. The topological polar surface area (TPSA) is 21.6 Å². The first-order valence-corrected chi connectivity index (χ1v) is 6.15. The van der Waals surface area contributed by atoms with Gasteiger partial charge in [0, 0.05) is 0 Å². The number of hydrogen-bond acceptors (Lipinski definition) is 2. The SMILES string of the molecule is Clc1ccc(C=NOCc2ccccc2)cc1Cl. The normalized spacial score (nSPS) is 10.8. The van der Waals surface area contributed by atoms with E-state index in [4.69, 9.17) is 28.0 Å². The van der Waals surface area contributed by atoms with Crippen LogP contribution in [0.3, 0.4) is 0 Å². The molecule has 0 radical (unpaired) electrons. The van der Waals surface area contributed by atoms with Crippen LogP contribution in [0.25, 0.3) is 0 Å². The third kappa shape index (κ3) is 3.76. The summed E-state index contributed by atoms with van der Waals surface area (Å²) in [5.41, 5.74) is 1.92. The van der Waals surface area contributed by atoms with Gasteiger partial charge in [0.15, 0.2) is 0 Å². The first-order valence-electron chi connectivity index (χ1n) is 5.40. The molecule has 0 aromatic heterocycles. The molecule has 0 N–H and O–H groups in total. The zero-order chi connectivity index (χ0) is 12.8. The Labute approximate surface area is 116 Å². The molecule has 92 valence electrons. The van der Waals surface area contributed by atoms with E-state index in [-0.39, 0.29) is 0 Å². The lowest BCUT2D eigenvalue weighted by Gasteiger charge is -1.99. The second kappa shape index (κ2) is 6.43.